The molecule has 13 rings (SSSR count). The minimum Gasteiger partial charge on any atom is -0.509 e. The first-order valence-electron chi connectivity index (χ1n) is 31.8. The summed E-state index contributed by atoms with van der Waals surface area (Å²) >= 11 is 0. The zero-order chi connectivity index (χ0) is 62.8. The molecule has 90 heavy (non-hydrogen) atoms. The van der Waals surface area contributed by atoms with Crippen molar-refractivity contribution < 1.29 is 30.2 Å². The van der Waals surface area contributed by atoms with Gasteiger partial charge >= 0.3 is 0 Å². The summed E-state index contributed by atoms with van der Waals surface area (Å²) in [6.45, 7) is 41.0. The van der Waals surface area contributed by atoms with E-state index in [1.807, 2.05) is 24.4 Å². The second kappa shape index (κ2) is 22.9. The zero-order valence-corrected chi connectivity index (χ0v) is 57.7. The molecule has 0 N–H and O–H groups in total. The molecule has 0 aliphatic carbocycles. The zero-order valence-electron chi connectivity index (χ0n) is 55.4. The fourth-order valence-electron chi connectivity index (χ4n) is 13.1. The van der Waals surface area contributed by atoms with E-state index in [1.165, 1.54) is 44.5 Å². The molecule has 7 heteroatoms. The number of nitrogens with zero attached hydrogens (tertiary/aromatic N) is 4. The largest absolute Gasteiger partial charge is 0.509 e. The van der Waals surface area contributed by atoms with Crippen molar-refractivity contribution in [3.63, 3.8) is 0 Å². The Hall–Kier alpha value is -8.18. The number of anilines is 4. The van der Waals surface area contributed by atoms with Crippen molar-refractivity contribution in [1.82, 2.24) is 9.55 Å². The Kier molecular flexibility index (Phi) is 15.8. The fourth-order valence-corrected chi connectivity index (χ4v) is 13.1. The molecule has 0 spiro atoms. The summed E-state index contributed by atoms with van der Waals surface area (Å²) < 4.78 is 16.1. The average molecular weight is 1360 g/mol. The maximum atomic E-state index is 7.18. The molecule has 12 aromatic rings. The van der Waals surface area contributed by atoms with E-state index in [-0.39, 0.29) is 42.7 Å². The average Bonchev–Trinajstić information content (AvgIpc) is 1.56. The van der Waals surface area contributed by atoms with E-state index in [0.29, 0.717) is 23.3 Å². The number of fused-ring (bicyclic) bond motifs is 8. The van der Waals surface area contributed by atoms with Gasteiger partial charge in [-0.2, -0.15) is 6.07 Å². The van der Waals surface area contributed by atoms with Gasteiger partial charge < -0.3 is 23.5 Å². The number of furan rings is 1. The summed E-state index contributed by atoms with van der Waals surface area (Å²) in [6, 6.07) is 70.5. The number of rotatable bonds is 10. The summed E-state index contributed by atoms with van der Waals surface area (Å²) in [5, 5.41) is 4.16. The molecule has 460 valence electrons. The van der Waals surface area contributed by atoms with Crippen molar-refractivity contribution in [2.75, 3.05) is 9.80 Å². The molecular weight excluding hydrogens is 1280 g/mol. The molecule has 0 bridgehead atoms. The molecule has 9 aromatic carbocycles. The van der Waals surface area contributed by atoms with Gasteiger partial charge in [0.15, 0.2) is 0 Å². The second-order valence-electron chi connectivity index (χ2n) is 29.5. The molecule has 3 aromatic heterocycles. The van der Waals surface area contributed by atoms with Gasteiger partial charge in [0.05, 0.1) is 0 Å². The van der Waals surface area contributed by atoms with Crippen LogP contribution in [0.1, 0.15) is 162 Å². The third kappa shape index (κ3) is 11.3. The number of hydrogen-bond donors (Lipinski definition) is 0. The van der Waals surface area contributed by atoms with E-state index >= 15 is 0 Å². The van der Waals surface area contributed by atoms with Crippen LogP contribution in [0.15, 0.2) is 180 Å². The molecule has 1 aliphatic heterocycles. The topological polar surface area (TPSA) is 46.7 Å². The Labute approximate surface area is 548 Å². The van der Waals surface area contributed by atoms with Crippen LogP contribution >= 0.6 is 0 Å². The first-order valence-corrected chi connectivity index (χ1v) is 31.8. The molecule has 0 saturated heterocycles. The number of pyridine rings is 1. The number of aryl methyl sites for hydroxylation is 1. The molecular formula is C83H83N4O2Pt-3. The van der Waals surface area contributed by atoms with Crippen LogP contribution < -0.4 is 14.5 Å². The van der Waals surface area contributed by atoms with E-state index < -0.39 is 0 Å². The molecule has 1 aliphatic rings. The number of aromatic nitrogens is 2. The van der Waals surface area contributed by atoms with Crippen LogP contribution in [0.4, 0.5) is 22.7 Å². The first kappa shape index (κ1) is 62.0. The second-order valence-corrected chi connectivity index (χ2v) is 29.5. The van der Waals surface area contributed by atoms with Gasteiger partial charge in [0.1, 0.15) is 17.0 Å². The van der Waals surface area contributed by atoms with Gasteiger partial charge in [-0.15, -0.1) is 48.3 Å². The quantitative estimate of drug-likeness (QED) is 0.128. The number of para-hydroxylation sites is 1. The van der Waals surface area contributed by atoms with Gasteiger partial charge in [-0.25, -0.2) is 4.98 Å². The molecule has 0 unspecified atom stereocenters. The van der Waals surface area contributed by atoms with Crippen molar-refractivity contribution in [2.45, 2.75) is 151 Å². The van der Waals surface area contributed by atoms with Crippen molar-refractivity contribution >= 4 is 66.5 Å². The molecule has 0 amide bonds. The number of ether oxygens (including phenoxy) is 1. The Bertz CT molecular complexity index is 4620. The Morgan fingerprint density at radius 1 is 0.500 bits per heavy atom. The van der Waals surface area contributed by atoms with Crippen LogP contribution in [0.25, 0.3) is 82.9 Å². The number of hydrogen-bond acceptors (Lipinski definition) is 5. The van der Waals surface area contributed by atoms with Crippen molar-refractivity contribution in [3.05, 3.63) is 234 Å². The summed E-state index contributed by atoms with van der Waals surface area (Å²) in [5.41, 5.74) is 23.1. The van der Waals surface area contributed by atoms with Crippen LogP contribution in [0.3, 0.4) is 0 Å². The maximum absolute atomic E-state index is 7.18. The van der Waals surface area contributed by atoms with Gasteiger partial charge in [-0.05, 0) is 156 Å². The van der Waals surface area contributed by atoms with E-state index in [2.05, 4.69) is 303 Å². The minimum absolute atomic E-state index is 0. The Morgan fingerprint density at radius 2 is 1.09 bits per heavy atom. The number of benzene rings is 9. The third-order valence-corrected chi connectivity index (χ3v) is 18.2. The predicted molar refractivity (Wildman–Crippen MR) is 376 cm³/mol. The molecule has 0 saturated carbocycles. The van der Waals surface area contributed by atoms with Crippen molar-refractivity contribution in [2.24, 2.45) is 0 Å². The van der Waals surface area contributed by atoms with Gasteiger partial charge in [0.25, 0.3) is 0 Å². The van der Waals surface area contributed by atoms with Crippen LogP contribution in [0, 0.1) is 25.7 Å². The predicted octanol–water partition coefficient (Wildman–Crippen LogP) is 23.6. The maximum Gasteiger partial charge on any atom is 0.135 e. The van der Waals surface area contributed by atoms with Crippen LogP contribution in [-0.2, 0) is 42.7 Å². The SMILES string of the molecule is Cc1cc(-c2ccc(C(C)(C)C)cc2)c(N2[CH-]N(c3[c-]c(Oc4[c-]c5c(cc4)c4c6oc7ccccc7c6ccc4n5-c4cc(C(C)(C)C)ccn4)cc(C(C)(C)C)c3)c3ccc(-c4c(C(C)C)cccc4C(C)C)cc32)c(-c2ccc(C(C)(C)C)cc2)c1.[Pt]. The third-order valence-electron chi connectivity index (χ3n) is 18.2. The normalized spacial score (nSPS) is 13.2. The Balaban J connectivity index is 0.00000785. The van der Waals surface area contributed by atoms with Crippen LogP contribution in [-0.4, -0.2) is 9.55 Å². The van der Waals surface area contributed by atoms with Gasteiger partial charge in [0, 0.05) is 83.2 Å². The van der Waals surface area contributed by atoms with E-state index in [0.717, 1.165) is 100 Å². The summed E-state index contributed by atoms with van der Waals surface area (Å²) in [6.07, 6.45) is 1.92. The summed E-state index contributed by atoms with van der Waals surface area (Å²) in [5.74, 6) is 2.59. The fraction of sp³-hybridized carbons (Fsp3) is 0.277. The summed E-state index contributed by atoms with van der Waals surface area (Å²) in [7, 11) is 0. The van der Waals surface area contributed by atoms with Crippen molar-refractivity contribution in [1.29, 1.82) is 0 Å². The molecule has 0 fully saturated rings. The monoisotopic (exact) mass is 1360 g/mol. The minimum atomic E-state index is -0.265. The van der Waals surface area contributed by atoms with E-state index in [1.54, 1.807) is 0 Å². The molecule has 6 nitrogen and oxygen atoms in total. The molecule has 0 radical (unpaired) electrons. The van der Waals surface area contributed by atoms with Gasteiger partial charge in [0.2, 0.25) is 0 Å². The molecule has 0 atom stereocenters. The standard InChI is InChI=1S/C83H83N4O2.Pt/c1-50(2)63-22-20-23-64(51(3)4)76(63)55-29-37-70-73(43-55)86(78-68(53-25-30-56(31-26-53)80(6,7)8)41-52(5)42-69(78)54-27-32-57(33-28-54)81(9,10)11)49-85(70)60-44-59(83(15,16)17)45-62(47-60)88-61-34-35-67-72(48-61)87(75-46-58(39-40-84-75)82(12,13)14)71-38-36-66-65-21-18-19-24-74(65)89-79(66)77(67)71;/h18-46,49-51H,1-17H3;/q-3;. The summed E-state index contributed by atoms with van der Waals surface area (Å²) in [4.78, 5) is 9.84. The van der Waals surface area contributed by atoms with Crippen LogP contribution in [0.5, 0.6) is 11.5 Å². The van der Waals surface area contributed by atoms with Crippen LogP contribution in [0.2, 0.25) is 0 Å². The smallest absolute Gasteiger partial charge is 0.135 e. The van der Waals surface area contributed by atoms with E-state index in [4.69, 9.17) is 14.1 Å². The molecule has 4 heterocycles. The van der Waals surface area contributed by atoms with Gasteiger partial charge in [-0.1, -0.05) is 213 Å². The van der Waals surface area contributed by atoms with Gasteiger partial charge in [-0.3, -0.25) is 0 Å². The van der Waals surface area contributed by atoms with Crippen molar-refractivity contribution in [3.8, 4) is 50.7 Å². The van der Waals surface area contributed by atoms with E-state index in [9.17, 15) is 0 Å². The first-order chi connectivity index (χ1) is 42.2. The Morgan fingerprint density at radius 3 is 1.69 bits per heavy atom.